The second-order valence-electron chi connectivity index (χ2n) is 4.82. The standard InChI is InChI=1S/C16H19NO3/c1-12(2)20-11-14-6-4-3-5-13(14)9-17-16(18)15-7-8-19-10-15/h3-8,10,12H,9,11H2,1-2H3,(H,17,18). The van der Waals surface area contributed by atoms with E-state index in [1.807, 2.05) is 38.1 Å². The van der Waals surface area contributed by atoms with Gasteiger partial charge in [0.2, 0.25) is 0 Å². The number of ether oxygens (including phenoxy) is 1. The molecule has 1 N–H and O–H groups in total. The van der Waals surface area contributed by atoms with Crippen LogP contribution >= 0.6 is 0 Å². The van der Waals surface area contributed by atoms with Crippen LogP contribution in [0, 0.1) is 0 Å². The first-order valence-corrected chi connectivity index (χ1v) is 6.65. The van der Waals surface area contributed by atoms with Crippen LogP contribution in [-0.2, 0) is 17.9 Å². The minimum atomic E-state index is -0.140. The zero-order valence-corrected chi connectivity index (χ0v) is 11.8. The Labute approximate surface area is 118 Å². The van der Waals surface area contributed by atoms with E-state index in [1.165, 1.54) is 12.5 Å². The van der Waals surface area contributed by atoms with Crippen molar-refractivity contribution in [2.45, 2.75) is 33.1 Å². The molecule has 20 heavy (non-hydrogen) atoms. The molecule has 0 saturated heterocycles. The highest BCUT2D eigenvalue weighted by Crippen LogP contribution is 2.11. The molecule has 1 amide bonds. The number of amides is 1. The fourth-order valence-corrected chi connectivity index (χ4v) is 1.80. The van der Waals surface area contributed by atoms with E-state index in [-0.39, 0.29) is 12.0 Å². The lowest BCUT2D eigenvalue weighted by molar-refractivity contribution is 0.0651. The smallest absolute Gasteiger partial charge is 0.254 e. The fourth-order valence-electron chi connectivity index (χ4n) is 1.80. The van der Waals surface area contributed by atoms with Gasteiger partial charge in [-0.25, -0.2) is 0 Å². The molecule has 106 valence electrons. The van der Waals surface area contributed by atoms with Gasteiger partial charge in [0.05, 0.1) is 24.5 Å². The lowest BCUT2D eigenvalue weighted by Crippen LogP contribution is -2.23. The third-order valence-electron chi connectivity index (χ3n) is 2.91. The molecular formula is C16H19NO3. The van der Waals surface area contributed by atoms with Crippen LogP contribution in [0.25, 0.3) is 0 Å². The molecule has 0 fully saturated rings. The van der Waals surface area contributed by atoms with Gasteiger partial charge in [-0.05, 0) is 31.0 Å². The van der Waals surface area contributed by atoms with Gasteiger partial charge in [-0.2, -0.15) is 0 Å². The highest BCUT2D eigenvalue weighted by molar-refractivity contribution is 5.93. The van der Waals surface area contributed by atoms with Crippen LogP contribution in [0.2, 0.25) is 0 Å². The molecule has 2 rings (SSSR count). The van der Waals surface area contributed by atoms with Crippen LogP contribution in [0.4, 0.5) is 0 Å². The molecule has 0 radical (unpaired) electrons. The van der Waals surface area contributed by atoms with Crippen molar-refractivity contribution >= 4 is 5.91 Å². The van der Waals surface area contributed by atoms with Crippen molar-refractivity contribution in [3.63, 3.8) is 0 Å². The van der Waals surface area contributed by atoms with E-state index in [1.54, 1.807) is 6.07 Å². The number of furan rings is 1. The average Bonchev–Trinajstić information content (AvgIpc) is 2.97. The molecule has 0 saturated carbocycles. The Hall–Kier alpha value is -2.07. The summed E-state index contributed by atoms with van der Waals surface area (Å²) in [5.41, 5.74) is 2.68. The predicted octanol–water partition coefficient (Wildman–Crippen LogP) is 3.13. The van der Waals surface area contributed by atoms with E-state index in [4.69, 9.17) is 9.15 Å². The van der Waals surface area contributed by atoms with Crippen molar-refractivity contribution < 1.29 is 13.9 Å². The number of carbonyl (C=O) groups is 1. The zero-order chi connectivity index (χ0) is 14.4. The Morgan fingerprint density at radius 1 is 1.25 bits per heavy atom. The molecule has 0 aliphatic carbocycles. The van der Waals surface area contributed by atoms with Gasteiger partial charge in [0, 0.05) is 6.54 Å². The molecule has 0 unspecified atom stereocenters. The third-order valence-corrected chi connectivity index (χ3v) is 2.91. The molecule has 0 spiro atoms. The fraction of sp³-hybridized carbons (Fsp3) is 0.312. The van der Waals surface area contributed by atoms with Crippen LogP contribution in [0.15, 0.2) is 47.3 Å². The molecular weight excluding hydrogens is 254 g/mol. The molecule has 0 atom stereocenters. The summed E-state index contributed by atoms with van der Waals surface area (Å²) >= 11 is 0. The SMILES string of the molecule is CC(C)OCc1ccccc1CNC(=O)c1ccoc1. The minimum Gasteiger partial charge on any atom is -0.472 e. The van der Waals surface area contributed by atoms with Crippen molar-refractivity contribution in [2.75, 3.05) is 0 Å². The van der Waals surface area contributed by atoms with Gasteiger partial charge in [-0.15, -0.1) is 0 Å². The lowest BCUT2D eigenvalue weighted by atomic mass is 10.1. The van der Waals surface area contributed by atoms with Crippen LogP contribution in [0.1, 0.15) is 35.3 Å². The van der Waals surface area contributed by atoms with Crippen LogP contribution in [0.5, 0.6) is 0 Å². The van der Waals surface area contributed by atoms with E-state index < -0.39 is 0 Å². The van der Waals surface area contributed by atoms with E-state index in [2.05, 4.69) is 5.32 Å². The summed E-state index contributed by atoms with van der Waals surface area (Å²) in [6.07, 6.45) is 3.10. The van der Waals surface area contributed by atoms with Crippen LogP contribution < -0.4 is 5.32 Å². The maximum Gasteiger partial charge on any atom is 0.254 e. The average molecular weight is 273 g/mol. The summed E-state index contributed by atoms with van der Waals surface area (Å²) in [5, 5.41) is 2.87. The maximum absolute atomic E-state index is 11.9. The van der Waals surface area contributed by atoms with Crippen LogP contribution in [0.3, 0.4) is 0 Å². The summed E-state index contributed by atoms with van der Waals surface area (Å²) in [6, 6.07) is 9.58. The number of hydrogen-bond acceptors (Lipinski definition) is 3. The van der Waals surface area contributed by atoms with E-state index in [9.17, 15) is 4.79 Å². The topological polar surface area (TPSA) is 51.5 Å². The number of carbonyl (C=O) groups excluding carboxylic acids is 1. The maximum atomic E-state index is 11.9. The normalized spacial score (nSPS) is 10.8. The first-order valence-electron chi connectivity index (χ1n) is 6.65. The molecule has 0 aliphatic rings. The number of nitrogens with one attached hydrogen (secondary N) is 1. The Kier molecular flexibility index (Phi) is 4.96. The Balaban J connectivity index is 1.97. The van der Waals surface area contributed by atoms with Crippen molar-refractivity contribution in [3.8, 4) is 0 Å². The minimum absolute atomic E-state index is 0.140. The van der Waals surface area contributed by atoms with Gasteiger partial charge in [0.15, 0.2) is 0 Å². The predicted molar refractivity (Wildman–Crippen MR) is 76.2 cm³/mol. The molecule has 0 bridgehead atoms. The number of benzene rings is 1. The van der Waals surface area contributed by atoms with Crippen LogP contribution in [-0.4, -0.2) is 12.0 Å². The lowest BCUT2D eigenvalue weighted by Gasteiger charge is -2.12. The van der Waals surface area contributed by atoms with Gasteiger partial charge >= 0.3 is 0 Å². The van der Waals surface area contributed by atoms with Gasteiger partial charge in [0.25, 0.3) is 5.91 Å². The van der Waals surface area contributed by atoms with Gasteiger partial charge < -0.3 is 14.5 Å². The van der Waals surface area contributed by atoms with Crippen molar-refractivity contribution in [3.05, 3.63) is 59.5 Å². The first-order chi connectivity index (χ1) is 9.66. The van der Waals surface area contributed by atoms with Crippen molar-refractivity contribution in [2.24, 2.45) is 0 Å². The molecule has 4 heteroatoms. The van der Waals surface area contributed by atoms with Gasteiger partial charge in [-0.3, -0.25) is 4.79 Å². The number of hydrogen-bond donors (Lipinski definition) is 1. The second kappa shape index (κ2) is 6.91. The van der Waals surface area contributed by atoms with Crippen molar-refractivity contribution in [1.29, 1.82) is 0 Å². The van der Waals surface area contributed by atoms with E-state index in [0.717, 1.165) is 11.1 Å². The zero-order valence-electron chi connectivity index (χ0n) is 11.8. The Morgan fingerprint density at radius 2 is 2.00 bits per heavy atom. The molecule has 1 heterocycles. The monoisotopic (exact) mass is 273 g/mol. The Morgan fingerprint density at radius 3 is 2.65 bits per heavy atom. The highest BCUT2D eigenvalue weighted by atomic mass is 16.5. The molecule has 0 aliphatic heterocycles. The van der Waals surface area contributed by atoms with Gasteiger partial charge in [-0.1, -0.05) is 24.3 Å². The summed E-state index contributed by atoms with van der Waals surface area (Å²) in [4.78, 5) is 11.9. The largest absolute Gasteiger partial charge is 0.472 e. The van der Waals surface area contributed by atoms with Crippen molar-refractivity contribution in [1.82, 2.24) is 5.32 Å². The van der Waals surface area contributed by atoms with E-state index in [0.29, 0.717) is 18.7 Å². The molecule has 1 aromatic carbocycles. The number of rotatable bonds is 6. The molecule has 4 nitrogen and oxygen atoms in total. The summed E-state index contributed by atoms with van der Waals surface area (Å²) in [5.74, 6) is -0.140. The third kappa shape index (κ3) is 3.96. The molecule has 2 aromatic rings. The second-order valence-corrected chi connectivity index (χ2v) is 4.82. The Bertz CT molecular complexity index is 547. The highest BCUT2D eigenvalue weighted by Gasteiger charge is 2.08. The summed E-state index contributed by atoms with van der Waals surface area (Å²) < 4.78 is 10.5. The quantitative estimate of drug-likeness (QED) is 0.879. The van der Waals surface area contributed by atoms with E-state index >= 15 is 0 Å². The summed E-state index contributed by atoms with van der Waals surface area (Å²) in [6.45, 7) is 5.03. The summed E-state index contributed by atoms with van der Waals surface area (Å²) in [7, 11) is 0. The molecule has 1 aromatic heterocycles. The first kappa shape index (κ1) is 14.3. The van der Waals surface area contributed by atoms with Gasteiger partial charge in [0.1, 0.15) is 6.26 Å².